The van der Waals surface area contributed by atoms with E-state index in [4.69, 9.17) is 23.5 Å². The zero-order chi connectivity index (χ0) is 30.7. The summed E-state index contributed by atoms with van der Waals surface area (Å²) in [6, 6.07) is 0. The van der Waals surface area contributed by atoms with Gasteiger partial charge < -0.3 is 19.3 Å². The van der Waals surface area contributed by atoms with E-state index in [1.807, 2.05) is 67.7 Å². The highest BCUT2D eigenvalue weighted by atomic mass is 32.2. The van der Waals surface area contributed by atoms with E-state index < -0.39 is 56.8 Å². The van der Waals surface area contributed by atoms with Crippen molar-refractivity contribution in [3.8, 4) is 0 Å². The van der Waals surface area contributed by atoms with Gasteiger partial charge in [-0.3, -0.25) is 8.75 Å². The minimum absolute atomic E-state index is 0.0361. The number of aromatic nitrogens is 4. The van der Waals surface area contributed by atoms with Crippen molar-refractivity contribution in [3.63, 3.8) is 0 Å². The van der Waals surface area contributed by atoms with E-state index in [1.165, 1.54) is 10.9 Å². The van der Waals surface area contributed by atoms with Crippen LogP contribution in [0, 0.1) is 0 Å². The molecule has 0 aromatic carbocycles. The molecule has 2 aromatic heterocycles. The van der Waals surface area contributed by atoms with Gasteiger partial charge in [0.1, 0.15) is 30.2 Å². The molecule has 0 bridgehead atoms. The number of hydrogen-bond acceptors (Lipinski definition) is 10. The predicted molar refractivity (Wildman–Crippen MR) is 149 cm³/mol. The van der Waals surface area contributed by atoms with E-state index in [-0.39, 0.29) is 33.7 Å². The lowest BCUT2D eigenvalue weighted by molar-refractivity contribution is -0.0695. The number of nitrogens with zero attached hydrogens (tertiary/aromatic N) is 4. The monoisotopic (exact) mass is 627 g/mol. The van der Waals surface area contributed by atoms with Gasteiger partial charge in [-0.25, -0.2) is 15.0 Å². The lowest BCUT2D eigenvalue weighted by atomic mass is 10.1. The molecule has 40 heavy (non-hydrogen) atoms. The third kappa shape index (κ3) is 6.39. The molecule has 17 heteroatoms. The van der Waals surface area contributed by atoms with Gasteiger partial charge >= 0.3 is 15.6 Å². The summed E-state index contributed by atoms with van der Waals surface area (Å²) in [6.07, 6.45) is -2.96. The highest BCUT2D eigenvalue weighted by Gasteiger charge is 2.57. The summed E-state index contributed by atoms with van der Waals surface area (Å²) in [5, 5.41) is -0.544. The number of anilines is 1. The van der Waals surface area contributed by atoms with Gasteiger partial charge in [0.2, 0.25) is 0 Å². The van der Waals surface area contributed by atoms with Gasteiger partial charge in [-0.1, -0.05) is 41.5 Å². The summed E-state index contributed by atoms with van der Waals surface area (Å²) < 4.78 is 90.9. The molecular weight excluding hydrogens is 588 g/mol. The summed E-state index contributed by atoms with van der Waals surface area (Å²) in [5.74, 6) is 0.0361. The Labute approximate surface area is 235 Å². The molecule has 1 aliphatic heterocycles. The molecule has 228 valence electrons. The minimum Gasteiger partial charge on any atom is -0.414 e. The average molecular weight is 628 g/mol. The van der Waals surface area contributed by atoms with Gasteiger partial charge in [-0.2, -0.15) is 21.6 Å². The van der Waals surface area contributed by atoms with Crippen molar-refractivity contribution < 1.29 is 39.4 Å². The number of rotatable bonds is 8. The molecule has 1 aliphatic rings. The summed E-state index contributed by atoms with van der Waals surface area (Å²) >= 11 is 0. The van der Waals surface area contributed by atoms with Gasteiger partial charge in [0.05, 0.1) is 12.9 Å². The summed E-state index contributed by atoms with van der Waals surface area (Å²) in [6.45, 7) is 19.8. The predicted octanol–water partition coefficient (Wildman–Crippen LogP) is 4.95. The zero-order valence-electron chi connectivity index (χ0n) is 24.5. The Morgan fingerprint density at radius 2 is 1.55 bits per heavy atom. The molecule has 3 heterocycles. The minimum atomic E-state index is -6.05. The number of halogens is 3. The number of fused-ring (bicyclic) bond motifs is 1. The zero-order valence-corrected chi connectivity index (χ0v) is 27.3. The van der Waals surface area contributed by atoms with E-state index in [2.05, 4.69) is 15.0 Å². The molecule has 2 N–H and O–H groups in total. The van der Waals surface area contributed by atoms with Crippen molar-refractivity contribution in [1.82, 2.24) is 19.5 Å². The summed E-state index contributed by atoms with van der Waals surface area (Å²) in [4.78, 5) is 12.2. The highest BCUT2D eigenvalue weighted by molar-refractivity contribution is 7.87. The van der Waals surface area contributed by atoms with Crippen LogP contribution in [0.4, 0.5) is 19.0 Å². The second kappa shape index (κ2) is 10.6. The van der Waals surface area contributed by atoms with Crippen LogP contribution >= 0.6 is 0 Å². The molecule has 0 aliphatic carbocycles. The quantitative estimate of drug-likeness (QED) is 0.243. The van der Waals surface area contributed by atoms with Crippen molar-refractivity contribution >= 4 is 43.7 Å². The third-order valence-electron chi connectivity index (χ3n) is 8.12. The number of alkyl halides is 3. The standard InChI is InChI=1S/C23H40F3N5O6SSi2/c1-21(2,3)39(7,8)34-11-14-16(37-40(9,10)22(4,5)6)17(36-38(32,33)23(24,25)26)20(35-14)31-13-30-15-18(27)28-12-29-19(15)31/h12-14,16-17,20H,11H2,1-10H3,(H2,27,28,29). The fourth-order valence-electron chi connectivity index (χ4n) is 3.59. The molecule has 1 fully saturated rings. The molecule has 1 saturated heterocycles. The number of hydrogen-bond donors (Lipinski definition) is 1. The highest BCUT2D eigenvalue weighted by Crippen LogP contribution is 2.45. The first-order chi connectivity index (χ1) is 17.9. The number of ether oxygens (including phenoxy) is 1. The number of imidazole rings is 1. The van der Waals surface area contributed by atoms with Crippen molar-refractivity contribution in [2.24, 2.45) is 0 Å². The van der Waals surface area contributed by atoms with Gasteiger partial charge in [0, 0.05) is 0 Å². The maximum atomic E-state index is 13.6. The van der Waals surface area contributed by atoms with Crippen LogP contribution in [0.1, 0.15) is 47.8 Å². The number of nitrogens with two attached hydrogens (primary N) is 1. The lowest BCUT2D eigenvalue weighted by Crippen LogP contribution is -2.52. The first kappa shape index (κ1) is 32.9. The Morgan fingerprint density at radius 3 is 2.08 bits per heavy atom. The Morgan fingerprint density at radius 1 is 0.975 bits per heavy atom. The fraction of sp³-hybridized carbons (Fsp3) is 0.783. The number of nitrogen functional groups attached to an aromatic ring is 1. The Bertz CT molecular complexity index is 1320. The molecule has 4 atom stereocenters. The fourth-order valence-corrected chi connectivity index (χ4v) is 6.53. The van der Waals surface area contributed by atoms with Crippen LogP contribution in [0.2, 0.25) is 36.3 Å². The van der Waals surface area contributed by atoms with E-state index in [9.17, 15) is 21.6 Å². The second-order valence-corrected chi connectivity index (χ2v) is 24.2. The van der Waals surface area contributed by atoms with E-state index in [0.29, 0.717) is 0 Å². The Hall–Kier alpha value is -1.64. The van der Waals surface area contributed by atoms with Crippen molar-refractivity contribution in [2.45, 2.75) is 108 Å². The van der Waals surface area contributed by atoms with Crippen LogP contribution in [-0.2, 0) is 27.9 Å². The van der Waals surface area contributed by atoms with Crippen LogP contribution in [0.3, 0.4) is 0 Å². The lowest BCUT2D eigenvalue weighted by Gasteiger charge is -2.41. The maximum Gasteiger partial charge on any atom is 0.523 e. The first-order valence-corrected chi connectivity index (χ1v) is 20.0. The Kier molecular flexibility index (Phi) is 8.69. The van der Waals surface area contributed by atoms with Crippen molar-refractivity contribution in [1.29, 1.82) is 0 Å². The molecular formula is C23H40F3N5O6SSi2. The first-order valence-electron chi connectivity index (χ1n) is 12.8. The smallest absolute Gasteiger partial charge is 0.414 e. The van der Waals surface area contributed by atoms with Crippen molar-refractivity contribution in [3.05, 3.63) is 12.7 Å². The van der Waals surface area contributed by atoms with E-state index in [0.717, 1.165) is 6.33 Å². The molecule has 0 radical (unpaired) electrons. The van der Waals surface area contributed by atoms with E-state index >= 15 is 0 Å². The van der Waals surface area contributed by atoms with Gasteiger partial charge in [0.15, 0.2) is 34.3 Å². The molecule has 0 saturated carbocycles. The largest absolute Gasteiger partial charge is 0.523 e. The molecule has 3 rings (SSSR count). The van der Waals surface area contributed by atoms with Crippen molar-refractivity contribution in [2.75, 3.05) is 12.3 Å². The average Bonchev–Trinajstić information content (AvgIpc) is 3.32. The molecule has 0 spiro atoms. The summed E-state index contributed by atoms with van der Waals surface area (Å²) in [5.41, 5.74) is 0.542. The molecule has 2 aromatic rings. The maximum absolute atomic E-state index is 13.6. The van der Waals surface area contributed by atoms with Crippen LogP contribution in [0.5, 0.6) is 0 Å². The van der Waals surface area contributed by atoms with Crippen LogP contribution in [0.15, 0.2) is 12.7 Å². The Balaban J connectivity index is 2.16. The second-order valence-electron chi connectivity index (χ2n) is 13.0. The molecule has 4 unspecified atom stereocenters. The van der Waals surface area contributed by atoms with Crippen LogP contribution in [0.25, 0.3) is 11.2 Å². The van der Waals surface area contributed by atoms with Gasteiger partial charge in [-0.15, -0.1) is 0 Å². The van der Waals surface area contributed by atoms with Crippen LogP contribution < -0.4 is 5.73 Å². The SMILES string of the molecule is CC(C)(C)[Si](C)(C)OCC1OC(n2cnc3c(N)ncnc32)C(OS(=O)(=O)C(F)(F)F)C1O[Si](C)(C)C(C)(C)C. The normalized spacial score (nSPS) is 23.7. The van der Waals surface area contributed by atoms with E-state index in [1.54, 1.807) is 0 Å². The topological polar surface area (TPSA) is 141 Å². The summed E-state index contributed by atoms with van der Waals surface area (Å²) in [7, 11) is -11.1. The van der Waals surface area contributed by atoms with Crippen LogP contribution in [-0.4, -0.2) is 75.0 Å². The van der Waals surface area contributed by atoms with Gasteiger partial charge in [0.25, 0.3) is 0 Å². The van der Waals surface area contributed by atoms with Gasteiger partial charge in [-0.05, 0) is 36.3 Å². The molecule has 0 amide bonds. The third-order valence-corrected chi connectivity index (χ3v) is 18.1. The molecule has 11 nitrogen and oxygen atoms in total.